The van der Waals surface area contributed by atoms with E-state index in [2.05, 4.69) is 27.5 Å². The van der Waals surface area contributed by atoms with Gasteiger partial charge >= 0.3 is 6.03 Å². The number of rotatable bonds is 7. The predicted octanol–water partition coefficient (Wildman–Crippen LogP) is 5.73. The fourth-order valence-corrected chi connectivity index (χ4v) is 6.09. The first-order valence-corrected chi connectivity index (χ1v) is 13.4. The number of benzene rings is 2. The van der Waals surface area contributed by atoms with Crippen molar-refractivity contribution in [2.45, 2.75) is 31.3 Å². The van der Waals surface area contributed by atoms with Gasteiger partial charge in [0.15, 0.2) is 0 Å². The predicted molar refractivity (Wildman–Crippen MR) is 151 cm³/mol. The topological polar surface area (TPSA) is 113 Å². The van der Waals surface area contributed by atoms with Crippen LogP contribution in [0.1, 0.15) is 28.9 Å². The maximum atomic E-state index is 13.4. The molecule has 0 bridgehead atoms. The van der Waals surface area contributed by atoms with E-state index in [9.17, 15) is 14.4 Å². The Balaban J connectivity index is 1.27. The molecule has 2 aromatic heterocycles. The number of amides is 4. The third kappa shape index (κ3) is 4.70. The van der Waals surface area contributed by atoms with Crippen molar-refractivity contribution < 1.29 is 19.1 Å². The second kappa shape index (κ2) is 10.2. The summed E-state index contributed by atoms with van der Waals surface area (Å²) in [6.45, 7) is 3.50. The molecule has 6 rings (SSSR count). The Morgan fingerprint density at radius 2 is 1.74 bits per heavy atom. The monoisotopic (exact) mass is 539 g/mol. The first kappa shape index (κ1) is 24.6. The fraction of sp³-hybridized carbons (Fsp3) is 0.172. The summed E-state index contributed by atoms with van der Waals surface area (Å²) in [4.78, 5) is 45.6. The van der Waals surface area contributed by atoms with Gasteiger partial charge in [-0.3, -0.25) is 14.5 Å². The maximum Gasteiger partial charge on any atom is 0.331 e. The Morgan fingerprint density at radius 1 is 1.03 bits per heavy atom. The van der Waals surface area contributed by atoms with Gasteiger partial charge in [-0.2, -0.15) is 0 Å². The average Bonchev–Trinajstić information content (AvgIpc) is 3.54. The molecule has 39 heavy (non-hydrogen) atoms. The molecule has 0 spiro atoms. The van der Waals surface area contributed by atoms with Crippen LogP contribution in [0.5, 0.6) is 11.5 Å². The van der Waals surface area contributed by atoms with E-state index in [0.717, 1.165) is 25.0 Å². The second-order valence-corrected chi connectivity index (χ2v) is 10.3. The first-order valence-electron chi connectivity index (χ1n) is 12.6. The standard InChI is InChI=1S/C29H25N5O4S/c1-2-23(35)31-20-9-6-10-21(20)32-27(36)26-25-24-22(15-16-30-28(24)39-26)34(29(37)33-25)17-11-13-19(14-12-17)38-18-7-4-3-5-8-18/h2-5,7-8,11-16,20-21H,1,6,9-10H2,(H,31,35)(H,32,36)(H,33,37)/t20-,21?/m1/s1. The summed E-state index contributed by atoms with van der Waals surface area (Å²) in [6.07, 6.45) is 5.28. The van der Waals surface area contributed by atoms with Crippen LogP contribution in [0, 0.1) is 0 Å². The molecule has 2 aliphatic rings. The molecule has 196 valence electrons. The first-order chi connectivity index (χ1) is 19.0. The minimum atomic E-state index is -0.379. The van der Waals surface area contributed by atoms with E-state index < -0.39 is 0 Å². The highest BCUT2D eigenvalue weighted by Gasteiger charge is 2.35. The number of carbonyl (C=O) groups is 3. The molecule has 1 aliphatic heterocycles. The van der Waals surface area contributed by atoms with Gasteiger partial charge in [-0.15, -0.1) is 11.3 Å². The van der Waals surface area contributed by atoms with Gasteiger partial charge in [0.05, 0.1) is 22.4 Å². The van der Waals surface area contributed by atoms with Crippen LogP contribution in [0.15, 0.2) is 79.5 Å². The Hall–Kier alpha value is -4.70. The zero-order valence-corrected chi connectivity index (χ0v) is 21.7. The van der Waals surface area contributed by atoms with Crippen molar-refractivity contribution in [3.63, 3.8) is 0 Å². The number of pyridine rings is 1. The van der Waals surface area contributed by atoms with Crippen LogP contribution in [-0.4, -0.2) is 34.9 Å². The van der Waals surface area contributed by atoms with E-state index in [1.807, 2.05) is 42.5 Å². The highest BCUT2D eigenvalue weighted by Crippen LogP contribution is 2.46. The van der Waals surface area contributed by atoms with Crippen LogP contribution in [0.4, 0.5) is 21.9 Å². The van der Waals surface area contributed by atoms with Gasteiger partial charge in [0.1, 0.15) is 21.2 Å². The number of ether oxygens (including phenoxy) is 1. The second-order valence-electron chi connectivity index (χ2n) is 9.32. The minimum Gasteiger partial charge on any atom is -0.457 e. The summed E-state index contributed by atoms with van der Waals surface area (Å²) in [6, 6.07) is 17.7. The third-order valence-corrected chi connectivity index (χ3v) is 7.97. The number of carbonyl (C=O) groups excluding carboxylic acids is 3. The molecule has 2 aromatic carbocycles. The highest BCUT2D eigenvalue weighted by atomic mass is 32.1. The highest BCUT2D eigenvalue weighted by molar-refractivity contribution is 7.21. The van der Waals surface area contributed by atoms with Crippen molar-refractivity contribution in [3.05, 3.63) is 84.4 Å². The molecule has 0 saturated heterocycles. The number of hydrogen-bond donors (Lipinski definition) is 3. The molecule has 4 aromatic rings. The molecule has 1 saturated carbocycles. The van der Waals surface area contributed by atoms with Crippen molar-refractivity contribution in [3.8, 4) is 11.5 Å². The quantitative estimate of drug-likeness (QED) is 0.260. The molecular weight excluding hydrogens is 514 g/mol. The number of urea groups is 1. The molecule has 4 amide bonds. The Kier molecular flexibility index (Phi) is 6.45. The number of nitrogens with one attached hydrogen (secondary N) is 3. The van der Waals surface area contributed by atoms with Crippen molar-refractivity contribution in [1.82, 2.24) is 15.6 Å². The van der Waals surface area contributed by atoms with Crippen molar-refractivity contribution >= 4 is 56.5 Å². The molecule has 2 atom stereocenters. The Labute approximate surface area is 228 Å². The lowest BCUT2D eigenvalue weighted by molar-refractivity contribution is -0.117. The number of anilines is 3. The molecule has 1 unspecified atom stereocenters. The Morgan fingerprint density at radius 3 is 2.49 bits per heavy atom. The van der Waals surface area contributed by atoms with Crippen LogP contribution >= 0.6 is 11.3 Å². The summed E-state index contributed by atoms with van der Waals surface area (Å²) in [5, 5.41) is 9.57. The summed E-state index contributed by atoms with van der Waals surface area (Å²) in [5.74, 6) is 0.795. The van der Waals surface area contributed by atoms with E-state index >= 15 is 0 Å². The fourth-order valence-electron chi connectivity index (χ4n) is 5.07. The van der Waals surface area contributed by atoms with Crippen LogP contribution in [0.25, 0.3) is 10.2 Å². The third-order valence-electron chi connectivity index (χ3n) is 6.87. The maximum absolute atomic E-state index is 13.4. The number of aromatic nitrogens is 1. The minimum absolute atomic E-state index is 0.169. The van der Waals surface area contributed by atoms with Crippen LogP contribution in [-0.2, 0) is 4.79 Å². The molecule has 1 aliphatic carbocycles. The zero-order chi connectivity index (χ0) is 26.9. The van der Waals surface area contributed by atoms with Crippen molar-refractivity contribution in [1.29, 1.82) is 0 Å². The van der Waals surface area contributed by atoms with Gasteiger partial charge in [0.2, 0.25) is 5.91 Å². The number of para-hydroxylation sites is 1. The van der Waals surface area contributed by atoms with Gasteiger partial charge in [-0.05, 0) is 67.8 Å². The summed E-state index contributed by atoms with van der Waals surface area (Å²) >= 11 is 1.23. The van der Waals surface area contributed by atoms with Gasteiger partial charge in [0, 0.05) is 18.3 Å². The van der Waals surface area contributed by atoms with Crippen molar-refractivity contribution in [2.75, 3.05) is 10.2 Å². The molecule has 3 N–H and O–H groups in total. The summed E-state index contributed by atoms with van der Waals surface area (Å²) in [7, 11) is 0. The molecule has 9 nitrogen and oxygen atoms in total. The molecular formula is C29H25N5O4S. The van der Waals surface area contributed by atoms with E-state index in [-0.39, 0.29) is 29.9 Å². The zero-order valence-electron chi connectivity index (χ0n) is 20.8. The molecule has 3 heterocycles. The normalized spacial score (nSPS) is 17.9. The van der Waals surface area contributed by atoms with Gasteiger partial charge in [-0.1, -0.05) is 24.8 Å². The largest absolute Gasteiger partial charge is 0.457 e. The SMILES string of the molecule is C=CC(=O)N[C@@H]1CCCC1NC(=O)c1sc2nccc3c2c1NC(=O)N3c1ccc(Oc2ccccc2)cc1. The lowest BCUT2D eigenvalue weighted by Gasteiger charge is -2.28. The number of hydrogen-bond acceptors (Lipinski definition) is 6. The summed E-state index contributed by atoms with van der Waals surface area (Å²) < 4.78 is 5.88. The van der Waals surface area contributed by atoms with E-state index in [1.54, 1.807) is 29.3 Å². The molecule has 10 heteroatoms. The van der Waals surface area contributed by atoms with Crippen LogP contribution in [0.2, 0.25) is 0 Å². The number of nitrogens with zero attached hydrogens (tertiary/aromatic N) is 2. The molecule has 0 radical (unpaired) electrons. The van der Waals surface area contributed by atoms with Gasteiger partial charge in [0.25, 0.3) is 5.91 Å². The van der Waals surface area contributed by atoms with Gasteiger partial charge in [-0.25, -0.2) is 9.78 Å². The summed E-state index contributed by atoms with van der Waals surface area (Å²) in [5.41, 5.74) is 1.74. The van der Waals surface area contributed by atoms with E-state index in [4.69, 9.17) is 4.74 Å². The van der Waals surface area contributed by atoms with Crippen LogP contribution in [0.3, 0.4) is 0 Å². The van der Waals surface area contributed by atoms with E-state index in [0.29, 0.717) is 37.9 Å². The van der Waals surface area contributed by atoms with Crippen LogP contribution < -0.4 is 25.6 Å². The van der Waals surface area contributed by atoms with Crippen molar-refractivity contribution in [2.24, 2.45) is 0 Å². The molecule has 1 fully saturated rings. The lowest BCUT2D eigenvalue weighted by Crippen LogP contribution is -2.48. The van der Waals surface area contributed by atoms with E-state index in [1.165, 1.54) is 17.4 Å². The smallest absolute Gasteiger partial charge is 0.331 e. The van der Waals surface area contributed by atoms with Gasteiger partial charge < -0.3 is 20.7 Å². The average molecular weight is 540 g/mol. The Bertz CT molecular complexity index is 1580. The number of thiophene rings is 1. The lowest BCUT2D eigenvalue weighted by atomic mass is 10.1.